The molecule has 2 atom stereocenters. The Labute approximate surface area is 81.7 Å². The lowest BCUT2D eigenvalue weighted by Crippen LogP contribution is -2.24. The van der Waals surface area contributed by atoms with Crippen molar-refractivity contribution in [2.24, 2.45) is 5.92 Å². The summed E-state index contributed by atoms with van der Waals surface area (Å²) in [6, 6.07) is 0. The molecule has 0 radical (unpaired) electrons. The highest BCUT2D eigenvalue weighted by molar-refractivity contribution is 5.54. The molecule has 0 bridgehead atoms. The van der Waals surface area contributed by atoms with E-state index in [2.05, 4.69) is 13.8 Å². The van der Waals surface area contributed by atoms with E-state index in [9.17, 15) is 4.79 Å². The first kappa shape index (κ1) is 12.6. The topological polar surface area (TPSA) is 26.3 Å². The molecule has 0 aliphatic rings. The number of rotatable bonds is 8. The van der Waals surface area contributed by atoms with Crippen LogP contribution in [0.4, 0.5) is 0 Å². The fraction of sp³-hybridized carbons (Fsp3) is 0.909. The van der Waals surface area contributed by atoms with Gasteiger partial charge in [0.1, 0.15) is 6.29 Å². The number of carbonyl (C=O) groups excluding carboxylic acids is 1. The third kappa shape index (κ3) is 5.04. The molecule has 0 saturated heterocycles. The van der Waals surface area contributed by atoms with Gasteiger partial charge < -0.3 is 9.53 Å². The van der Waals surface area contributed by atoms with Gasteiger partial charge in [-0.3, -0.25) is 0 Å². The van der Waals surface area contributed by atoms with Gasteiger partial charge in [-0.15, -0.1) is 0 Å². The molecule has 0 aliphatic carbocycles. The van der Waals surface area contributed by atoms with Crippen molar-refractivity contribution in [1.29, 1.82) is 0 Å². The quantitative estimate of drug-likeness (QED) is 0.545. The Morgan fingerprint density at radius 2 is 1.92 bits per heavy atom. The molecule has 0 rings (SSSR count). The van der Waals surface area contributed by atoms with E-state index >= 15 is 0 Å². The summed E-state index contributed by atoms with van der Waals surface area (Å²) in [6.07, 6.45) is 6.51. The van der Waals surface area contributed by atoms with Gasteiger partial charge in [-0.1, -0.05) is 33.1 Å². The van der Waals surface area contributed by atoms with Gasteiger partial charge in [-0.2, -0.15) is 0 Å². The molecule has 0 spiro atoms. The van der Waals surface area contributed by atoms with E-state index in [0.717, 1.165) is 38.4 Å². The zero-order valence-electron chi connectivity index (χ0n) is 9.08. The Hall–Kier alpha value is -0.370. The number of unbranched alkanes of at least 4 members (excludes halogenated alkanes) is 1. The molecule has 2 nitrogen and oxygen atoms in total. The molecule has 0 fully saturated rings. The Bertz CT molecular complexity index is 123. The highest BCUT2D eigenvalue weighted by atomic mass is 16.5. The summed E-state index contributed by atoms with van der Waals surface area (Å²) in [5.74, 6) is 0.0987. The van der Waals surface area contributed by atoms with E-state index in [4.69, 9.17) is 4.74 Å². The van der Waals surface area contributed by atoms with Crippen molar-refractivity contribution < 1.29 is 9.53 Å². The Morgan fingerprint density at radius 1 is 1.23 bits per heavy atom. The van der Waals surface area contributed by atoms with Crippen molar-refractivity contribution in [3.63, 3.8) is 0 Å². The molecule has 2 unspecified atom stereocenters. The number of carbonyl (C=O) groups is 1. The molecular weight excluding hydrogens is 164 g/mol. The van der Waals surface area contributed by atoms with E-state index in [1.807, 2.05) is 0 Å². The first-order chi connectivity index (χ1) is 6.29. The average Bonchev–Trinajstić information content (AvgIpc) is 2.17. The summed E-state index contributed by atoms with van der Waals surface area (Å²) in [5, 5.41) is 0. The largest absolute Gasteiger partial charge is 0.381 e. The number of hydrogen-bond acceptors (Lipinski definition) is 2. The lowest BCUT2D eigenvalue weighted by Gasteiger charge is -2.20. The van der Waals surface area contributed by atoms with Crippen LogP contribution in [0.2, 0.25) is 0 Å². The van der Waals surface area contributed by atoms with Crippen molar-refractivity contribution in [3.05, 3.63) is 0 Å². The summed E-state index contributed by atoms with van der Waals surface area (Å²) in [5.41, 5.74) is 0. The summed E-state index contributed by atoms with van der Waals surface area (Å²) in [6.45, 7) is 4.26. The van der Waals surface area contributed by atoms with Crippen molar-refractivity contribution >= 4 is 6.29 Å². The van der Waals surface area contributed by atoms with Crippen molar-refractivity contribution in [2.75, 3.05) is 7.11 Å². The summed E-state index contributed by atoms with van der Waals surface area (Å²) in [4.78, 5) is 10.8. The molecule has 0 saturated carbocycles. The first-order valence-corrected chi connectivity index (χ1v) is 5.28. The second kappa shape index (κ2) is 8.24. The van der Waals surface area contributed by atoms with Gasteiger partial charge in [0.05, 0.1) is 6.10 Å². The molecule has 13 heavy (non-hydrogen) atoms. The molecule has 78 valence electrons. The summed E-state index contributed by atoms with van der Waals surface area (Å²) < 4.78 is 5.33. The zero-order chi connectivity index (χ0) is 10.1. The molecule has 0 N–H and O–H groups in total. The van der Waals surface area contributed by atoms with Crippen LogP contribution in [0.25, 0.3) is 0 Å². The Balaban J connectivity index is 3.92. The standard InChI is InChI=1S/C11H22O2/c1-4-6-8-11(13-3)10(9-12)7-5-2/h9-11H,4-8H2,1-3H3. The van der Waals surface area contributed by atoms with Gasteiger partial charge in [-0.05, 0) is 12.8 Å². The third-order valence-electron chi connectivity index (χ3n) is 2.42. The molecule has 0 aromatic carbocycles. The highest BCUT2D eigenvalue weighted by Crippen LogP contribution is 2.17. The maximum atomic E-state index is 10.8. The fourth-order valence-electron chi connectivity index (χ4n) is 1.59. The predicted octanol–water partition coefficient (Wildman–Crippen LogP) is 2.81. The van der Waals surface area contributed by atoms with Crippen LogP contribution in [0.5, 0.6) is 0 Å². The van der Waals surface area contributed by atoms with Crippen molar-refractivity contribution in [3.8, 4) is 0 Å². The number of ether oxygens (including phenoxy) is 1. The van der Waals surface area contributed by atoms with Gasteiger partial charge in [0, 0.05) is 13.0 Å². The smallest absolute Gasteiger partial charge is 0.125 e. The lowest BCUT2D eigenvalue weighted by molar-refractivity contribution is -0.115. The van der Waals surface area contributed by atoms with Crippen LogP contribution >= 0.6 is 0 Å². The van der Waals surface area contributed by atoms with Crippen LogP contribution < -0.4 is 0 Å². The maximum absolute atomic E-state index is 10.8. The van der Waals surface area contributed by atoms with Crippen LogP contribution in [-0.2, 0) is 9.53 Å². The molecule has 2 heteroatoms. The van der Waals surface area contributed by atoms with Crippen molar-refractivity contribution in [2.45, 2.75) is 52.1 Å². The van der Waals surface area contributed by atoms with E-state index < -0.39 is 0 Å². The molecule has 0 aliphatic heterocycles. The van der Waals surface area contributed by atoms with Crippen LogP contribution in [0.1, 0.15) is 46.0 Å². The fourth-order valence-corrected chi connectivity index (χ4v) is 1.59. The molecular formula is C11H22O2. The molecule has 0 heterocycles. The lowest BCUT2D eigenvalue weighted by atomic mass is 9.95. The minimum absolute atomic E-state index is 0.0987. The van der Waals surface area contributed by atoms with E-state index in [-0.39, 0.29) is 12.0 Å². The number of aldehydes is 1. The highest BCUT2D eigenvalue weighted by Gasteiger charge is 2.18. The zero-order valence-corrected chi connectivity index (χ0v) is 9.08. The van der Waals surface area contributed by atoms with Crippen LogP contribution in [0, 0.1) is 5.92 Å². The molecule has 0 amide bonds. The minimum Gasteiger partial charge on any atom is -0.381 e. The van der Waals surface area contributed by atoms with Gasteiger partial charge in [0.2, 0.25) is 0 Å². The third-order valence-corrected chi connectivity index (χ3v) is 2.42. The number of methoxy groups -OCH3 is 1. The average molecular weight is 186 g/mol. The number of hydrogen-bond donors (Lipinski definition) is 0. The van der Waals surface area contributed by atoms with E-state index in [1.165, 1.54) is 0 Å². The SMILES string of the molecule is CCCCC(OC)C(C=O)CCC. The van der Waals surface area contributed by atoms with Crippen molar-refractivity contribution in [1.82, 2.24) is 0 Å². The second-order valence-corrected chi connectivity index (χ2v) is 3.50. The first-order valence-electron chi connectivity index (χ1n) is 5.28. The summed E-state index contributed by atoms with van der Waals surface area (Å²) >= 11 is 0. The molecule has 0 aromatic rings. The van der Waals surface area contributed by atoms with Crippen LogP contribution in [0.15, 0.2) is 0 Å². The van der Waals surface area contributed by atoms with Gasteiger partial charge in [0.25, 0.3) is 0 Å². The Kier molecular flexibility index (Phi) is 8.00. The molecule has 0 aromatic heterocycles. The monoisotopic (exact) mass is 186 g/mol. The summed E-state index contributed by atoms with van der Waals surface area (Å²) in [7, 11) is 1.70. The Morgan fingerprint density at radius 3 is 2.31 bits per heavy atom. The van der Waals surface area contributed by atoms with E-state index in [1.54, 1.807) is 7.11 Å². The van der Waals surface area contributed by atoms with Gasteiger partial charge in [0.15, 0.2) is 0 Å². The predicted molar refractivity (Wildman–Crippen MR) is 54.8 cm³/mol. The van der Waals surface area contributed by atoms with Crippen LogP contribution in [0.3, 0.4) is 0 Å². The normalized spacial score (nSPS) is 15.3. The van der Waals surface area contributed by atoms with Gasteiger partial charge in [-0.25, -0.2) is 0 Å². The van der Waals surface area contributed by atoms with Gasteiger partial charge >= 0.3 is 0 Å². The van der Waals surface area contributed by atoms with Crippen LogP contribution in [-0.4, -0.2) is 19.5 Å². The second-order valence-electron chi connectivity index (χ2n) is 3.50. The minimum atomic E-state index is 0.0987. The van der Waals surface area contributed by atoms with E-state index in [0.29, 0.717) is 0 Å². The maximum Gasteiger partial charge on any atom is 0.125 e.